The van der Waals surface area contributed by atoms with Crippen LogP contribution in [0.15, 0.2) is 65.6 Å². The molecule has 0 saturated carbocycles. The van der Waals surface area contributed by atoms with Crippen molar-refractivity contribution in [3.8, 4) is 17.2 Å². The number of benzene rings is 3. The highest BCUT2D eigenvalue weighted by Crippen LogP contribution is 2.33. The van der Waals surface area contributed by atoms with E-state index >= 15 is 0 Å². The minimum atomic E-state index is -4.29. The van der Waals surface area contributed by atoms with E-state index in [1.807, 2.05) is 39.0 Å². The molecule has 1 atom stereocenters. The number of hydrogen-bond donors (Lipinski definition) is 1. The number of aryl methyl sites for hydroxylation is 2. The van der Waals surface area contributed by atoms with Crippen molar-refractivity contribution in [1.29, 1.82) is 0 Å². The molecule has 3 aromatic carbocycles. The quantitative estimate of drug-likeness (QED) is 0.240. The highest BCUT2D eigenvalue weighted by Gasteiger charge is 2.33. The third kappa shape index (κ3) is 8.43. The van der Waals surface area contributed by atoms with Crippen molar-refractivity contribution in [1.82, 2.24) is 10.2 Å². The molecular weight excluding hydrogens is 582 g/mol. The Labute approximate surface area is 261 Å². The number of methoxy groups -OCH3 is 3. The van der Waals surface area contributed by atoms with Gasteiger partial charge in [-0.3, -0.25) is 13.9 Å². The molecule has 44 heavy (non-hydrogen) atoms. The third-order valence-electron chi connectivity index (χ3n) is 7.23. The average molecular weight is 626 g/mol. The van der Waals surface area contributed by atoms with E-state index in [2.05, 4.69) is 5.32 Å². The predicted octanol–water partition coefficient (Wildman–Crippen LogP) is 4.86. The summed E-state index contributed by atoms with van der Waals surface area (Å²) in [7, 11) is 0.159. The smallest absolute Gasteiger partial charge is 0.264 e. The maximum absolute atomic E-state index is 14.3. The van der Waals surface area contributed by atoms with Crippen LogP contribution in [0.2, 0.25) is 0 Å². The summed E-state index contributed by atoms with van der Waals surface area (Å²) in [6.07, 6.45) is 1.71. The second-order valence-corrected chi connectivity index (χ2v) is 12.4. The minimum Gasteiger partial charge on any atom is -0.497 e. The zero-order chi connectivity index (χ0) is 32.4. The summed E-state index contributed by atoms with van der Waals surface area (Å²) >= 11 is 0. The summed E-state index contributed by atoms with van der Waals surface area (Å²) in [6.45, 7) is 7.41. The van der Waals surface area contributed by atoms with E-state index in [-0.39, 0.29) is 23.1 Å². The number of hydrogen-bond acceptors (Lipinski definition) is 7. The van der Waals surface area contributed by atoms with Gasteiger partial charge < -0.3 is 24.4 Å². The van der Waals surface area contributed by atoms with Crippen molar-refractivity contribution < 1.29 is 32.2 Å². The molecule has 0 heterocycles. The largest absolute Gasteiger partial charge is 0.497 e. The van der Waals surface area contributed by atoms with E-state index in [1.54, 1.807) is 38.3 Å². The molecule has 2 amide bonds. The van der Waals surface area contributed by atoms with Gasteiger partial charge in [-0.1, -0.05) is 31.5 Å². The van der Waals surface area contributed by atoms with E-state index in [1.165, 1.54) is 37.3 Å². The molecule has 3 rings (SSSR count). The van der Waals surface area contributed by atoms with Crippen LogP contribution in [0.5, 0.6) is 17.2 Å². The summed E-state index contributed by atoms with van der Waals surface area (Å²) < 4.78 is 45.5. The lowest BCUT2D eigenvalue weighted by Gasteiger charge is -2.32. The Bertz CT molecular complexity index is 1520. The highest BCUT2D eigenvalue weighted by atomic mass is 32.2. The Morgan fingerprint density at radius 1 is 0.864 bits per heavy atom. The van der Waals surface area contributed by atoms with E-state index in [4.69, 9.17) is 14.2 Å². The lowest BCUT2D eigenvalue weighted by molar-refractivity contribution is -0.139. The van der Waals surface area contributed by atoms with Crippen LogP contribution in [-0.2, 0) is 26.2 Å². The molecular formula is C33H43N3O7S. The van der Waals surface area contributed by atoms with Gasteiger partial charge in [-0.2, -0.15) is 0 Å². The topological polar surface area (TPSA) is 114 Å². The van der Waals surface area contributed by atoms with Crippen LogP contribution in [0.3, 0.4) is 0 Å². The van der Waals surface area contributed by atoms with Crippen LogP contribution in [0.4, 0.5) is 5.69 Å². The van der Waals surface area contributed by atoms with Crippen molar-refractivity contribution in [3.05, 3.63) is 77.4 Å². The maximum Gasteiger partial charge on any atom is 0.264 e. The number of anilines is 1. The van der Waals surface area contributed by atoms with Gasteiger partial charge in [0.15, 0.2) is 11.5 Å². The zero-order valence-corrected chi connectivity index (χ0v) is 27.4. The van der Waals surface area contributed by atoms with Crippen LogP contribution in [0.1, 0.15) is 43.4 Å². The second-order valence-electron chi connectivity index (χ2n) is 10.6. The van der Waals surface area contributed by atoms with E-state index < -0.39 is 28.5 Å². The Kier molecular flexibility index (Phi) is 12.0. The second kappa shape index (κ2) is 15.5. The van der Waals surface area contributed by atoms with Crippen molar-refractivity contribution in [2.45, 2.75) is 58.0 Å². The Morgan fingerprint density at radius 2 is 1.50 bits per heavy atom. The van der Waals surface area contributed by atoms with Crippen molar-refractivity contribution in [3.63, 3.8) is 0 Å². The van der Waals surface area contributed by atoms with Gasteiger partial charge in [-0.05, 0) is 80.3 Å². The summed E-state index contributed by atoms with van der Waals surface area (Å²) in [5, 5.41) is 2.89. The Balaban J connectivity index is 2.07. The van der Waals surface area contributed by atoms with Crippen LogP contribution in [0, 0.1) is 13.8 Å². The summed E-state index contributed by atoms with van der Waals surface area (Å²) in [5.74, 6) is 0.398. The molecule has 0 saturated heterocycles. The van der Waals surface area contributed by atoms with Crippen LogP contribution in [-0.4, -0.2) is 65.6 Å². The average Bonchev–Trinajstić information content (AvgIpc) is 3.01. The number of nitrogens with one attached hydrogen (secondary N) is 1. The first kappa shape index (κ1) is 34.2. The SMILES string of the molecule is CCCCNC(=O)[C@@H](C)N(Cc1ccc(OC)cc1)C(=O)CN(c1cc(C)cc(C)c1)S(=O)(=O)c1ccc(OC)c(OC)c1. The molecule has 0 aliphatic carbocycles. The molecule has 0 aliphatic heterocycles. The number of ether oxygens (including phenoxy) is 3. The fraction of sp³-hybridized carbons (Fsp3) is 0.394. The molecule has 0 radical (unpaired) electrons. The van der Waals surface area contributed by atoms with Crippen LogP contribution >= 0.6 is 0 Å². The van der Waals surface area contributed by atoms with Gasteiger partial charge >= 0.3 is 0 Å². The van der Waals surface area contributed by atoms with Crippen LogP contribution in [0.25, 0.3) is 0 Å². The number of carbonyl (C=O) groups is 2. The molecule has 0 bridgehead atoms. The van der Waals surface area contributed by atoms with Gasteiger partial charge in [0.05, 0.1) is 31.9 Å². The number of rotatable bonds is 15. The van der Waals surface area contributed by atoms with Crippen molar-refractivity contribution in [2.75, 3.05) is 38.7 Å². The van der Waals surface area contributed by atoms with E-state index in [9.17, 15) is 18.0 Å². The molecule has 11 heteroatoms. The molecule has 0 fully saturated rings. The lowest BCUT2D eigenvalue weighted by Crippen LogP contribution is -2.51. The van der Waals surface area contributed by atoms with Gasteiger partial charge in [0.25, 0.3) is 10.0 Å². The Morgan fingerprint density at radius 3 is 2.07 bits per heavy atom. The van der Waals surface area contributed by atoms with Gasteiger partial charge in [0.2, 0.25) is 11.8 Å². The molecule has 3 aromatic rings. The summed E-state index contributed by atoms with van der Waals surface area (Å²) in [6, 6.07) is 15.9. The normalized spacial score (nSPS) is 11.8. The van der Waals surface area contributed by atoms with E-state index in [0.717, 1.165) is 33.8 Å². The Hall–Kier alpha value is -4.25. The third-order valence-corrected chi connectivity index (χ3v) is 8.99. The molecule has 238 valence electrons. The zero-order valence-electron chi connectivity index (χ0n) is 26.5. The minimum absolute atomic E-state index is 0.0748. The first-order chi connectivity index (χ1) is 20.9. The highest BCUT2D eigenvalue weighted by molar-refractivity contribution is 7.92. The van der Waals surface area contributed by atoms with Crippen molar-refractivity contribution in [2.24, 2.45) is 0 Å². The molecule has 1 N–H and O–H groups in total. The molecule has 10 nitrogen and oxygen atoms in total. The van der Waals surface area contributed by atoms with Gasteiger partial charge in [0, 0.05) is 19.2 Å². The first-order valence-electron chi connectivity index (χ1n) is 14.5. The fourth-order valence-corrected chi connectivity index (χ4v) is 6.19. The first-order valence-corrected chi connectivity index (χ1v) is 15.9. The number of carbonyl (C=O) groups excluding carboxylic acids is 2. The molecule has 0 unspecified atom stereocenters. The monoisotopic (exact) mass is 625 g/mol. The van der Waals surface area contributed by atoms with Gasteiger partial charge in [-0.25, -0.2) is 8.42 Å². The standard InChI is InChI=1S/C33H43N3O7S/c1-8-9-16-34-33(38)25(4)35(21-26-10-12-28(41-5)13-11-26)32(37)22-36(27-18-23(2)17-24(3)19-27)44(39,40)29-14-15-30(42-6)31(20-29)43-7/h10-15,17-20,25H,8-9,16,21-22H2,1-7H3,(H,34,38)/t25-/m1/s1. The van der Waals surface area contributed by atoms with Gasteiger partial charge in [-0.15, -0.1) is 0 Å². The number of amides is 2. The molecule has 0 aromatic heterocycles. The summed E-state index contributed by atoms with van der Waals surface area (Å²) in [4.78, 5) is 28.7. The molecule has 0 spiro atoms. The number of unbranched alkanes of at least 4 members (excludes halogenated alkanes) is 1. The maximum atomic E-state index is 14.3. The summed E-state index contributed by atoms with van der Waals surface area (Å²) in [5.41, 5.74) is 2.75. The van der Waals surface area contributed by atoms with Crippen molar-refractivity contribution >= 4 is 27.5 Å². The number of sulfonamides is 1. The van der Waals surface area contributed by atoms with E-state index in [0.29, 0.717) is 23.7 Å². The van der Waals surface area contributed by atoms with Gasteiger partial charge in [0.1, 0.15) is 18.3 Å². The predicted molar refractivity (Wildman–Crippen MR) is 171 cm³/mol. The lowest BCUT2D eigenvalue weighted by atomic mass is 10.1. The molecule has 0 aliphatic rings. The fourth-order valence-electron chi connectivity index (χ4n) is 4.77. The van der Waals surface area contributed by atoms with Crippen LogP contribution < -0.4 is 23.8 Å². The number of nitrogens with zero attached hydrogens (tertiary/aromatic N) is 2.